The largest absolute Gasteiger partial charge is 0.310 e. The molecule has 228 valence electrons. The summed E-state index contributed by atoms with van der Waals surface area (Å²) >= 11 is 0. The minimum atomic E-state index is -0.197. The molecule has 0 radical (unpaired) electrons. The van der Waals surface area contributed by atoms with E-state index in [9.17, 15) is 0 Å². The Bertz CT molecular complexity index is 2460. The van der Waals surface area contributed by atoms with Gasteiger partial charge in [0.1, 0.15) is 0 Å². The Morgan fingerprint density at radius 1 is 0.396 bits per heavy atom. The molecule has 48 heavy (non-hydrogen) atoms. The van der Waals surface area contributed by atoms with Crippen LogP contribution in [0, 0.1) is 0 Å². The lowest BCUT2D eigenvalue weighted by molar-refractivity contribution is 0.666. The van der Waals surface area contributed by atoms with Gasteiger partial charge in [-0.2, -0.15) is 0 Å². The maximum atomic E-state index is 2.44. The van der Waals surface area contributed by atoms with Crippen LogP contribution in [0.2, 0.25) is 0 Å². The van der Waals surface area contributed by atoms with Crippen LogP contribution < -0.4 is 4.90 Å². The van der Waals surface area contributed by atoms with E-state index in [-0.39, 0.29) is 5.41 Å². The molecule has 1 aliphatic rings. The van der Waals surface area contributed by atoms with E-state index in [2.05, 4.69) is 195 Å². The number of rotatable bonds is 5. The number of hydrogen-bond donors (Lipinski definition) is 0. The Morgan fingerprint density at radius 3 is 1.71 bits per heavy atom. The smallest absolute Gasteiger partial charge is 0.0468 e. The van der Waals surface area contributed by atoms with Gasteiger partial charge in [-0.25, -0.2) is 0 Å². The molecular weight excluding hydrogens is 579 g/mol. The molecule has 0 unspecified atom stereocenters. The molecule has 0 saturated carbocycles. The normalized spacial score (nSPS) is 13.0. The molecule has 0 spiro atoms. The fourth-order valence-electron chi connectivity index (χ4n) is 7.86. The molecule has 0 aliphatic heterocycles. The van der Waals surface area contributed by atoms with Crippen molar-refractivity contribution in [2.75, 3.05) is 4.90 Å². The average molecular weight is 614 g/mol. The Balaban J connectivity index is 1.25. The molecule has 1 aliphatic carbocycles. The van der Waals surface area contributed by atoms with Crippen LogP contribution in [-0.4, -0.2) is 0 Å². The van der Waals surface area contributed by atoms with Crippen molar-refractivity contribution in [1.29, 1.82) is 0 Å². The van der Waals surface area contributed by atoms with E-state index >= 15 is 0 Å². The van der Waals surface area contributed by atoms with Gasteiger partial charge in [-0.15, -0.1) is 0 Å². The second kappa shape index (κ2) is 11.1. The van der Waals surface area contributed by atoms with Crippen LogP contribution >= 0.6 is 0 Å². The summed E-state index contributed by atoms with van der Waals surface area (Å²) in [6.45, 7) is 4.80. The highest BCUT2D eigenvalue weighted by atomic mass is 15.1. The molecular formula is C47H35N. The van der Waals surface area contributed by atoms with Crippen LogP contribution in [0.1, 0.15) is 25.0 Å². The van der Waals surface area contributed by atoms with Gasteiger partial charge in [0.05, 0.1) is 0 Å². The predicted molar refractivity (Wildman–Crippen MR) is 205 cm³/mol. The number of nitrogens with zero attached hydrogens (tertiary/aromatic N) is 1. The fraction of sp³-hybridized carbons (Fsp3) is 0.0638. The molecule has 1 nitrogen and oxygen atoms in total. The number of fused-ring (bicyclic) bond motifs is 6. The van der Waals surface area contributed by atoms with Crippen LogP contribution in [-0.2, 0) is 5.41 Å². The molecule has 0 bridgehead atoms. The number of hydrogen-bond acceptors (Lipinski definition) is 1. The van der Waals surface area contributed by atoms with E-state index < -0.39 is 0 Å². The van der Waals surface area contributed by atoms with Crippen molar-refractivity contribution in [3.05, 3.63) is 187 Å². The lowest BCUT2D eigenvalue weighted by Gasteiger charge is -2.29. The van der Waals surface area contributed by atoms with Gasteiger partial charge in [0.2, 0.25) is 0 Å². The molecule has 0 N–H and O–H groups in total. The lowest BCUT2D eigenvalue weighted by Crippen LogP contribution is -2.17. The summed E-state index contributed by atoms with van der Waals surface area (Å²) in [5.41, 5.74) is 13.7. The van der Waals surface area contributed by atoms with Crippen molar-refractivity contribution in [3.63, 3.8) is 0 Å². The molecule has 8 aromatic carbocycles. The Labute approximate surface area is 282 Å². The highest BCUT2D eigenvalue weighted by molar-refractivity contribution is 6.05. The molecule has 1 heteroatoms. The first kappa shape index (κ1) is 28.3. The maximum absolute atomic E-state index is 2.44. The van der Waals surface area contributed by atoms with E-state index in [1.807, 2.05) is 0 Å². The third-order valence-corrected chi connectivity index (χ3v) is 10.2. The monoisotopic (exact) mass is 613 g/mol. The highest BCUT2D eigenvalue weighted by Gasteiger charge is 2.39. The minimum Gasteiger partial charge on any atom is -0.310 e. The Morgan fingerprint density at radius 2 is 0.958 bits per heavy atom. The van der Waals surface area contributed by atoms with Gasteiger partial charge >= 0.3 is 0 Å². The first-order valence-electron chi connectivity index (χ1n) is 16.8. The third kappa shape index (κ3) is 4.54. The van der Waals surface area contributed by atoms with Gasteiger partial charge in [-0.3, -0.25) is 0 Å². The van der Waals surface area contributed by atoms with Crippen molar-refractivity contribution >= 4 is 38.6 Å². The summed E-state index contributed by atoms with van der Waals surface area (Å²) in [7, 11) is 0. The topological polar surface area (TPSA) is 3.24 Å². The van der Waals surface area contributed by atoms with Crippen molar-refractivity contribution in [2.24, 2.45) is 0 Å². The molecule has 8 aromatic rings. The zero-order chi connectivity index (χ0) is 32.2. The van der Waals surface area contributed by atoms with Gasteiger partial charge in [0.25, 0.3) is 0 Å². The van der Waals surface area contributed by atoms with E-state index in [1.54, 1.807) is 0 Å². The van der Waals surface area contributed by atoms with Gasteiger partial charge in [-0.05, 0) is 109 Å². The second-order valence-electron chi connectivity index (χ2n) is 13.4. The molecule has 0 saturated heterocycles. The molecule has 0 amide bonds. The van der Waals surface area contributed by atoms with Crippen LogP contribution in [0.15, 0.2) is 176 Å². The lowest BCUT2D eigenvalue weighted by atomic mass is 9.79. The number of anilines is 3. The van der Waals surface area contributed by atoms with Crippen molar-refractivity contribution in [1.82, 2.24) is 0 Å². The second-order valence-corrected chi connectivity index (χ2v) is 13.4. The van der Waals surface area contributed by atoms with Crippen LogP contribution in [0.4, 0.5) is 17.1 Å². The third-order valence-electron chi connectivity index (χ3n) is 10.2. The van der Waals surface area contributed by atoms with E-state index in [0.29, 0.717) is 0 Å². The molecule has 0 fully saturated rings. The molecule has 0 atom stereocenters. The maximum Gasteiger partial charge on any atom is 0.0468 e. The fourth-order valence-corrected chi connectivity index (χ4v) is 7.86. The SMILES string of the molecule is CC1(C)c2cc(N(c3ccc(-c4ccccc4)cc3)c3ccc4ccccc4c3)ccc2-c2c(-c3ccccc3)cc3ccccc3c21. The summed E-state index contributed by atoms with van der Waals surface area (Å²) < 4.78 is 0. The van der Waals surface area contributed by atoms with Crippen LogP contribution in [0.5, 0.6) is 0 Å². The summed E-state index contributed by atoms with van der Waals surface area (Å²) in [6, 6.07) is 64.3. The van der Waals surface area contributed by atoms with Crippen molar-refractivity contribution in [3.8, 4) is 33.4 Å². The van der Waals surface area contributed by atoms with Gasteiger partial charge in [0.15, 0.2) is 0 Å². The highest BCUT2D eigenvalue weighted by Crippen LogP contribution is 2.56. The zero-order valence-corrected chi connectivity index (χ0v) is 27.2. The summed E-state index contributed by atoms with van der Waals surface area (Å²) in [4.78, 5) is 2.41. The minimum absolute atomic E-state index is 0.197. The molecule has 9 rings (SSSR count). The standard InChI is InChI=1S/C47H35N/c1-47(2)44-31-40(27-28-42(44)45-43(35-16-7-4-8-17-35)30-37-19-11-12-20-41(37)46(45)47)48(39-26-23-33-15-9-10-18-36(33)29-39)38-24-21-34(22-25-38)32-13-5-3-6-14-32/h3-31H,1-2H3. The summed E-state index contributed by atoms with van der Waals surface area (Å²) in [6.07, 6.45) is 0. The Kier molecular flexibility index (Phi) is 6.55. The van der Waals surface area contributed by atoms with Gasteiger partial charge in [-0.1, -0.05) is 147 Å². The zero-order valence-electron chi connectivity index (χ0n) is 27.2. The van der Waals surface area contributed by atoms with Gasteiger partial charge < -0.3 is 4.90 Å². The summed E-state index contributed by atoms with van der Waals surface area (Å²) in [5.74, 6) is 0. The van der Waals surface area contributed by atoms with Crippen LogP contribution in [0.3, 0.4) is 0 Å². The van der Waals surface area contributed by atoms with E-state index in [4.69, 9.17) is 0 Å². The summed E-state index contributed by atoms with van der Waals surface area (Å²) in [5, 5.41) is 5.09. The van der Waals surface area contributed by atoms with Crippen molar-refractivity contribution in [2.45, 2.75) is 19.3 Å². The van der Waals surface area contributed by atoms with Crippen LogP contribution in [0.25, 0.3) is 54.9 Å². The Hall–Kier alpha value is -5.92. The average Bonchev–Trinajstić information content (AvgIpc) is 3.38. The number of benzene rings is 8. The van der Waals surface area contributed by atoms with E-state index in [1.165, 1.54) is 66.1 Å². The van der Waals surface area contributed by atoms with Crippen molar-refractivity contribution < 1.29 is 0 Å². The molecule has 0 heterocycles. The first-order valence-corrected chi connectivity index (χ1v) is 16.8. The first-order chi connectivity index (χ1) is 23.6. The predicted octanol–water partition coefficient (Wildman–Crippen LogP) is 13.1. The van der Waals surface area contributed by atoms with E-state index in [0.717, 1.165) is 17.1 Å². The quantitative estimate of drug-likeness (QED) is 0.187. The van der Waals surface area contributed by atoms with Gasteiger partial charge in [0, 0.05) is 22.5 Å². The molecule has 0 aromatic heterocycles.